The molecular formula is C23H18F5N3OS. The van der Waals surface area contributed by atoms with Gasteiger partial charge in [-0.2, -0.15) is 13.2 Å². The number of benzene rings is 3. The third-order valence-electron chi connectivity index (χ3n) is 4.66. The third-order valence-corrected chi connectivity index (χ3v) is 4.88. The Morgan fingerprint density at radius 1 is 0.879 bits per heavy atom. The molecule has 33 heavy (non-hydrogen) atoms. The largest absolute Gasteiger partial charge is 0.416 e. The fourth-order valence-corrected chi connectivity index (χ4v) is 3.27. The van der Waals surface area contributed by atoms with Crippen molar-refractivity contribution in [2.75, 3.05) is 10.6 Å². The number of carbonyl (C=O) groups is 1. The van der Waals surface area contributed by atoms with Crippen LogP contribution in [0.1, 0.15) is 34.5 Å². The molecule has 3 aromatic carbocycles. The molecule has 0 aliphatic rings. The number of amides is 1. The summed E-state index contributed by atoms with van der Waals surface area (Å²) >= 11 is 5.19. The maximum atomic E-state index is 14.1. The van der Waals surface area contributed by atoms with Crippen LogP contribution in [0.5, 0.6) is 0 Å². The molecule has 3 aromatic rings. The van der Waals surface area contributed by atoms with E-state index in [2.05, 4.69) is 16.0 Å². The number of anilines is 2. The van der Waals surface area contributed by atoms with Gasteiger partial charge in [-0.3, -0.25) is 4.79 Å². The van der Waals surface area contributed by atoms with Crippen molar-refractivity contribution in [1.82, 2.24) is 5.32 Å². The summed E-state index contributed by atoms with van der Waals surface area (Å²) in [4.78, 5) is 12.2. The Bertz CT molecular complexity index is 1170. The van der Waals surface area contributed by atoms with Gasteiger partial charge in [0.05, 0.1) is 17.2 Å². The highest BCUT2D eigenvalue weighted by Gasteiger charge is 2.31. The molecule has 0 saturated carbocycles. The number of hydrogen-bond acceptors (Lipinski definition) is 2. The van der Waals surface area contributed by atoms with Gasteiger partial charge >= 0.3 is 6.18 Å². The van der Waals surface area contributed by atoms with Crippen LogP contribution in [0.4, 0.5) is 33.3 Å². The average molecular weight is 479 g/mol. The van der Waals surface area contributed by atoms with Crippen LogP contribution in [0, 0.1) is 11.6 Å². The van der Waals surface area contributed by atoms with Crippen LogP contribution < -0.4 is 16.0 Å². The second-order valence-corrected chi connectivity index (χ2v) is 7.47. The standard InChI is InChI=1S/C23H18F5N3OS/c1-13(17-11-6-14(12-20(17)25)23(26,27)28)29-22(33)31-16-9-7-15(8-10-16)30-21(32)18-4-2-3-5-19(18)24/h2-13H,1H3,(H,30,32)(H2,29,31,33). The Morgan fingerprint density at radius 2 is 1.48 bits per heavy atom. The highest BCUT2D eigenvalue weighted by molar-refractivity contribution is 7.80. The topological polar surface area (TPSA) is 53.2 Å². The van der Waals surface area contributed by atoms with Gasteiger partial charge in [0.15, 0.2) is 5.11 Å². The first kappa shape index (κ1) is 24.1. The SMILES string of the molecule is CC(NC(=S)Nc1ccc(NC(=O)c2ccccc2F)cc1)c1ccc(C(F)(F)F)cc1F. The van der Waals surface area contributed by atoms with E-state index < -0.39 is 35.3 Å². The van der Waals surface area contributed by atoms with Gasteiger partial charge < -0.3 is 16.0 Å². The van der Waals surface area contributed by atoms with Gasteiger partial charge in [-0.25, -0.2) is 8.78 Å². The molecule has 10 heteroatoms. The minimum Gasteiger partial charge on any atom is -0.356 e. The summed E-state index contributed by atoms with van der Waals surface area (Å²) in [7, 11) is 0. The van der Waals surface area contributed by atoms with Gasteiger partial charge in [0, 0.05) is 16.9 Å². The molecule has 4 nitrogen and oxygen atoms in total. The molecule has 0 bridgehead atoms. The van der Waals surface area contributed by atoms with E-state index in [4.69, 9.17) is 12.2 Å². The highest BCUT2D eigenvalue weighted by atomic mass is 32.1. The Morgan fingerprint density at radius 3 is 2.06 bits per heavy atom. The van der Waals surface area contributed by atoms with Gasteiger partial charge in [0.2, 0.25) is 0 Å². The van der Waals surface area contributed by atoms with Crippen LogP contribution >= 0.6 is 12.2 Å². The highest BCUT2D eigenvalue weighted by Crippen LogP contribution is 2.31. The van der Waals surface area contributed by atoms with Gasteiger partial charge in [0.25, 0.3) is 5.91 Å². The Kier molecular flexibility index (Phi) is 7.27. The number of hydrogen-bond donors (Lipinski definition) is 3. The lowest BCUT2D eigenvalue weighted by atomic mass is 10.1. The molecule has 0 aliphatic carbocycles. The Balaban J connectivity index is 1.58. The summed E-state index contributed by atoms with van der Waals surface area (Å²) in [6.07, 6.45) is -4.63. The van der Waals surface area contributed by atoms with Crippen LogP contribution in [0.15, 0.2) is 66.7 Å². The number of halogens is 5. The molecule has 0 fully saturated rings. The summed E-state index contributed by atoms with van der Waals surface area (Å²) in [6.45, 7) is 1.56. The minimum absolute atomic E-state index is 0.0263. The maximum absolute atomic E-state index is 14.1. The molecule has 3 rings (SSSR count). The normalized spacial score (nSPS) is 12.1. The van der Waals surface area contributed by atoms with Crippen molar-refractivity contribution in [1.29, 1.82) is 0 Å². The third kappa shape index (κ3) is 6.26. The first-order chi connectivity index (χ1) is 15.5. The predicted octanol–water partition coefficient (Wildman–Crippen LogP) is 6.28. The minimum atomic E-state index is -4.63. The number of nitrogens with one attached hydrogen (secondary N) is 3. The molecule has 0 radical (unpaired) electrons. The number of rotatable bonds is 5. The smallest absolute Gasteiger partial charge is 0.356 e. The average Bonchev–Trinajstić information content (AvgIpc) is 2.74. The second-order valence-electron chi connectivity index (χ2n) is 7.07. The lowest BCUT2D eigenvalue weighted by Gasteiger charge is -2.19. The van der Waals surface area contributed by atoms with Crippen LogP contribution in [-0.2, 0) is 6.18 Å². The second kappa shape index (κ2) is 9.95. The van der Waals surface area contributed by atoms with Gasteiger partial charge in [0.1, 0.15) is 11.6 Å². The van der Waals surface area contributed by atoms with Crippen molar-refractivity contribution < 1.29 is 26.7 Å². The van der Waals surface area contributed by atoms with E-state index in [1.165, 1.54) is 18.2 Å². The summed E-state index contributed by atoms with van der Waals surface area (Å²) in [6, 6.07) is 13.6. The van der Waals surface area contributed by atoms with E-state index in [1.54, 1.807) is 37.3 Å². The van der Waals surface area contributed by atoms with E-state index in [1.807, 2.05) is 0 Å². The molecular weight excluding hydrogens is 461 g/mol. The number of thiocarbonyl (C=S) groups is 1. The molecule has 0 spiro atoms. The van der Waals surface area contributed by atoms with Gasteiger partial charge in [-0.1, -0.05) is 18.2 Å². The quantitative estimate of drug-likeness (QED) is 0.298. The molecule has 172 valence electrons. The summed E-state index contributed by atoms with van der Waals surface area (Å²) < 4.78 is 66.0. The monoisotopic (exact) mass is 479 g/mol. The van der Waals surface area contributed by atoms with Crippen LogP contribution in [-0.4, -0.2) is 11.0 Å². The van der Waals surface area contributed by atoms with E-state index >= 15 is 0 Å². The number of carbonyl (C=O) groups excluding carboxylic acids is 1. The van der Waals surface area contributed by atoms with E-state index in [0.717, 1.165) is 12.1 Å². The van der Waals surface area contributed by atoms with Crippen molar-refractivity contribution in [3.63, 3.8) is 0 Å². The molecule has 0 saturated heterocycles. The summed E-state index contributed by atoms with van der Waals surface area (Å²) in [5.41, 5.74) is -0.170. The molecule has 0 aliphatic heterocycles. The van der Waals surface area contributed by atoms with E-state index in [0.29, 0.717) is 17.4 Å². The van der Waals surface area contributed by atoms with Crippen LogP contribution in [0.3, 0.4) is 0 Å². The van der Waals surface area contributed by atoms with Gasteiger partial charge in [-0.15, -0.1) is 0 Å². The fourth-order valence-electron chi connectivity index (χ4n) is 2.98. The zero-order valence-electron chi connectivity index (χ0n) is 17.1. The fraction of sp³-hybridized carbons (Fsp3) is 0.130. The molecule has 1 unspecified atom stereocenters. The van der Waals surface area contributed by atoms with Crippen LogP contribution in [0.2, 0.25) is 0 Å². The summed E-state index contributed by atoms with van der Waals surface area (Å²) in [5, 5.41) is 8.36. The van der Waals surface area contributed by atoms with Crippen LogP contribution in [0.25, 0.3) is 0 Å². The molecule has 0 aromatic heterocycles. The van der Waals surface area contributed by atoms with Gasteiger partial charge in [-0.05, 0) is 67.7 Å². The maximum Gasteiger partial charge on any atom is 0.416 e. The molecule has 3 N–H and O–H groups in total. The number of alkyl halides is 3. The molecule has 1 atom stereocenters. The molecule has 0 heterocycles. The van der Waals surface area contributed by atoms with Crippen molar-refractivity contribution in [3.8, 4) is 0 Å². The van der Waals surface area contributed by atoms with Crippen molar-refractivity contribution >= 4 is 34.6 Å². The van der Waals surface area contributed by atoms with E-state index in [9.17, 15) is 26.7 Å². The first-order valence-corrected chi connectivity index (χ1v) is 10.1. The van der Waals surface area contributed by atoms with E-state index in [-0.39, 0.29) is 16.2 Å². The Labute approximate surface area is 191 Å². The lowest BCUT2D eigenvalue weighted by Crippen LogP contribution is -2.31. The van der Waals surface area contributed by atoms with Crippen molar-refractivity contribution in [2.24, 2.45) is 0 Å². The van der Waals surface area contributed by atoms with Crippen molar-refractivity contribution in [2.45, 2.75) is 19.1 Å². The zero-order chi connectivity index (χ0) is 24.2. The molecule has 1 amide bonds. The lowest BCUT2D eigenvalue weighted by molar-refractivity contribution is -0.137. The van der Waals surface area contributed by atoms with Crippen molar-refractivity contribution in [3.05, 3.63) is 95.1 Å². The predicted molar refractivity (Wildman–Crippen MR) is 120 cm³/mol. The summed E-state index contributed by atoms with van der Waals surface area (Å²) in [5.74, 6) is -2.23. The Hall–Kier alpha value is -3.53. The first-order valence-electron chi connectivity index (χ1n) is 9.64. The zero-order valence-corrected chi connectivity index (χ0v) is 18.0.